The van der Waals surface area contributed by atoms with Crippen LogP contribution in [0.1, 0.15) is 49.8 Å². The molecule has 0 saturated carbocycles. The third kappa shape index (κ3) is 7.14. The Labute approximate surface area is 233 Å². The number of piperidine rings is 1. The third-order valence-corrected chi connectivity index (χ3v) is 8.00. The molecule has 0 aliphatic carbocycles. The maximum atomic E-state index is 14.1. The lowest BCUT2D eigenvalue weighted by Gasteiger charge is -2.50. The Balaban J connectivity index is 1.59. The number of carbonyl (C=O) groups excluding carboxylic acids is 2. The van der Waals surface area contributed by atoms with Crippen LogP contribution in [0.5, 0.6) is 0 Å². The highest BCUT2D eigenvalue weighted by molar-refractivity contribution is 5.93. The molecule has 2 amide bonds. The summed E-state index contributed by atoms with van der Waals surface area (Å²) in [5.74, 6) is -0.245. The zero-order valence-electron chi connectivity index (χ0n) is 23.3. The summed E-state index contributed by atoms with van der Waals surface area (Å²) in [4.78, 5) is 32.5. The van der Waals surface area contributed by atoms with E-state index in [2.05, 4.69) is 41.4 Å². The molecule has 1 aliphatic heterocycles. The van der Waals surface area contributed by atoms with Crippen molar-refractivity contribution in [2.75, 3.05) is 13.1 Å². The van der Waals surface area contributed by atoms with Crippen LogP contribution in [0.25, 0.3) is 0 Å². The number of likely N-dealkylation sites (tertiary alicyclic amines) is 1. The minimum Gasteiger partial charge on any atom is -0.350 e. The van der Waals surface area contributed by atoms with Gasteiger partial charge in [-0.1, -0.05) is 97.9 Å². The van der Waals surface area contributed by atoms with Gasteiger partial charge in [0.15, 0.2) is 0 Å². The molecule has 1 unspecified atom stereocenters. The van der Waals surface area contributed by atoms with E-state index >= 15 is 0 Å². The molecule has 3 N–H and O–H groups in total. The van der Waals surface area contributed by atoms with Gasteiger partial charge in [-0.3, -0.25) is 14.5 Å². The number of hydrogen-bond donors (Lipinski definition) is 2. The highest BCUT2D eigenvalue weighted by Gasteiger charge is 2.50. The summed E-state index contributed by atoms with van der Waals surface area (Å²) in [5, 5.41) is 3.18. The number of nitrogens with two attached hydrogens (primary N) is 1. The highest BCUT2D eigenvalue weighted by Crippen LogP contribution is 2.34. The van der Waals surface area contributed by atoms with Crippen molar-refractivity contribution >= 4 is 11.8 Å². The van der Waals surface area contributed by atoms with Crippen molar-refractivity contribution in [3.05, 3.63) is 108 Å². The van der Waals surface area contributed by atoms with Crippen LogP contribution in [0.15, 0.2) is 91.0 Å². The summed E-state index contributed by atoms with van der Waals surface area (Å²) < 4.78 is 0. The van der Waals surface area contributed by atoms with Gasteiger partial charge in [0.25, 0.3) is 0 Å². The van der Waals surface area contributed by atoms with Crippen LogP contribution in [0, 0.1) is 0 Å². The van der Waals surface area contributed by atoms with E-state index in [0.717, 1.165) is 37.2 Å². The van der Waals surface area contributed by atoms with E-state index in [9.17, 15) is 9.59 Å². The second kappa shape index (κ2) is 13.5. The van der Waals surface area contributed by atoms with Crippen LogP contribution >= 0.6 is 0 Å². The summed E-state index contributed by atoms with van der Waals surface area (Å²) in [5.41, 5.74) is 8.91. The van der Waals surface area contributed by atoms with Crippen molar-refractivity contribution in [1.82, 2.24) is 15.1 Å². The maximum Gasteiger partial charge on any atom is 0.246 e. The molecule has 6 heteroatoms. The fraction of sp³-hybridized carbons (Fsp3) is 0.394. The van der Waals surface area contributed by atoms with Gasteiger partial charge >= 0.3 is 0 Å². The van der Waals surface area contributed by atoms with Crippen molar-refractivity contribution in [2.24, 2.45) is 5.73 Å². The Morgan fingerprint density at radius 2 is 1.38 bits per heavy atom. The molecule has 3 aromatic carbocycles. The minimum atomic E-state index is -0.956. The molecular formula is C33H42N4O2. The molecule has 4 rings (SSSR count). The first kappa shape index (κ1) is 28.5. The average molecular weight is 527 g/mol. The van der Waals surface area contributed by atoms with E-state index in [1.54, 1.807) is 0 Å². The Morgan fingerprint density at radius 3 is 1.92 bits per heavy atom. The highest BCUT2D eigenvalue weighted by atomic mass is 16.2. The zero-order chi connectivity index (χ0) is 27.7. The van der Waals surface area contributed by atoms with Crippen LogP contribution in [0.2, 0.25) is 0 Å². The first-order chi connectivity index (χ1) is 18.9. The summed E-state index contributed by atoms with van der Waals surface area (Å²) in [6.45, 7) is 6.80. The molecule has 3 aromatic rings. The van der Waals surface area contributed by atoms with Crippen LogP contribution in [-0.4, -0.2) is 52.3 Å². The van der Waals surface area contributed by atoms with Crippen molar-refractivity contribution in [3.8, 4) is 0 Å². The lowest BCUT2D eigenvalue weighted by Crippen LogP contribution is -2.68. The van der Waals surface area contributed by atoms with Crippen LogP contribution in [-0.2, 0) is 29.1 Å². The molecule has 1 fully saturated rings. The Morgan fingerprint density at radius 1 is 0.872 bits per heavy atom. The molecule has 1 saturated heterocycles. The number of rotatable bonds is 11. The number of benzene rings is 3. The fourth-order valence-corrected chi connectivity index (χ4v) is 5.61. The van der Waals surface area contributed by atoms with E-state index in [-0.39, 0.29) is 17.9 Å². The summed E-state index contributed by atoms with van der Waals surface area (Å²) in [6.07, 6.45) is 2.31. The first-order valence-corrected chi connectivity index (χ1v) is 14.1. The van der Waals surface area contributed by atoms with Gasteiger partial charge in [0.05, 0.1) is 6.04 Å². The molecule has 0 bridgehead atoms. The number of nitrogens with zero attached hydrogens (tertiary/aromatic N) is 2. The quantitative estimate of drug-likeness (QED) is 0.385. The summed E-state index contributed by atoms with van der Waals surface area (Å²) in [7, 11) is 0. The second-order valence-electron chi connectivity index (χ2n) is 10.7. The van der Waals surface area contributed by atoms with Gasteiger partial charge in [0.2, 0.25) is 11.8 Å². The summed E-state index contributed by atoms with van der Waals surface area (Å²) in [6, 6.07) is 29.3. The van der Waals surface area contributed by atoms with Gasteiger partial charge in [0, 0.05) is 32.2 Å². The largest absolute Gasteiger partial charge is 0.350 e. The molecule has 0 spiro atoms. The molecule has 206 valence electrons. The van der Waals surface area contributed by atoms with Gasteiger partial charge < -0.3 is 16.0 Å². The van der Waals surface area contributed by atoms with Crippen LogP contribution < -0.4 is 11.1 Å². The lowest BCUT2D eigenvalue weighted by atomic mass is 9.82. The predicted molar refractivity (Wildman–Crippen MR) is 157 cm³/mol. The fourth-order valence-electron chi connectivity index (χ4n) is 5.61. The van der Waals surface area contributed by atoms with E-state index in [0.29, 0.717) is 25.8 Å². The molecule has 2 atom stereocenters. The van der Waals surface area contributed by atoms with Gasteiger partial charge in [-0.2, -0.15) is 0 Å². The van der Waals surface area contributed by atoms with Crippen molar-refractivity contribution in [1.29, 1.82) is 0 Å². The Hall–Kier alpha value is -3.48. The predicted octanol–water partition coefficient (Wildman–Crippen LogP) is 4.53. The van der Waals surface area contributed by atoms with E-state index in [1.807, 2.05) is 78.6 Å². The van der Waals surface area contributed by atoms with E-state index in [1.165, 1.54) is 5.56 Å². The van der Waals surface area contributed by atoms with Crippen LogP contribution in [0.3, 0.4) is 0 Å². The Kier molecular flexibility index (Phi) is 9.90. The molecule has 6 nitrogen and oxygen atoms in total. The third-order valence-electron chi connectivity index (χ3n) is 8.00. The van der Waals surface area contributed by atoms with Gasteiger partial charge in [0.1, 0.15) is 5.54 Å². The maximum absolute atomic E-state index is 14.1. The molecule has 0 aromatic heterocycles. The molecule has 39 heavy (non-hydrogen) atoms. The first-order valence-electron chi connectivity index (χ1n) is 14.1. The van der Waals surface area contributed by atoms with Gasteiger partial charge in [-0.25, -0.2) is 0 Å². The smallest absolute Gasteiger partial charge is 0.246 e. The van der Waals surface area contributed by atoms with Gasteiger partial charge in [-0.05, 0) is 49.3 Å². The standard InChI is InChI=1S/C33H42N4O2/c1-3-26(2)37(31(38)30(34)23-27-13-7-4-8-14-27)33(32(39)35-24-28-15-9-5-10-16-28)19-21-36(22-20-33)25-29-17-11-6-12-18-29/h4-18,26,30H,3,19-25,34H2,1-2H3,(H,35,39)/t26?,30-/m0/s1. The monoisotopic (exact) mass is 526 g/mol. The van der Waals surface area contributed by atoms with E-state index < -0.39 is 11.6 Å². The van der Waals surface area contributed by atoms with Crippen molar-refractivity contribution < 1.29 is 9.59 Å². The average Bonchev–Trinajstić information content (AvgIpc) is 2.98. The molecular weight excluding hydrogens is 484 g/mol. The number of nitrogens with one attached hydrogen (secondary N) is 1. The lowest BCUT2D eigenvalue weighted by molar-refractivity contribution is -0.156. The molecule has 1 aliphatic rings. The number of carbonyl (C=O) groups is 2. The van der Waals surface area contributed by atoms with E-state index in [4.69, 9.17) is 5.73 Å². The van der Waals surface area contributed by atoms with Crippen LogP contribution in [0.4, 0.5) is 0 Å². The zero-order valence-corrected chi connectivity index (χ0v) is 23.3. The minimum absolute atomic E-state index is 0.0914. The van der Waals surface area contributed by atoms with Gasteiger partial charge in [-0.15, -0.1) is 0 Å². The SMILES string of the molecule is CCC(C)N(C(=O)[C@@H](N)Cc1ccccc1)C1(C(=O)NCc2ccccc2)CCN(Cc2ccccc2)CC1. The summed E-state index contributed by atoms with van der Waals surface area (Å²) >= 11 is 0. The topological polar surface area (TPSA) is 78.7 Å². The van der Waals surface area contributed by atoms with Crippen molar-refractivity contribution in [2.45, 2.75) is 70.2 Å². The second-order valence-corrected chi connectivity index (χ2v) is 10.7. The number of hydrogen-bond acceptors (Lipinski definition) is 4. The molecule has 1 heterocycles. The molecule has 0 radical (unpaired) electrons. The Bertz CT molecular complexity index is 1180. The number of amides is 2. The normalized spacial score (nSPS) is 16.7. The van der Waals surface area contributed by atoms with Crippen molar-refractivity contribution in [3.63, 3.8) is 0 Å².